The molecule has 11 heteroatoms. The predicted molar refractivity (Wildman–Crippen MR) is 238 cm³/mol. The number of ether oxygens (including phenoxy) is 2. The van der Waals surface area contributed by atoms with Crippen LogP contribution in [0.15, 0.2) is 72.8 Å². The SMILES string of the molecule is COC(=O)C[C@H](C(=O)N1CCC[C@H]1C(=O)Cc1ccc([C@@H]2CC[C@@H](c3ccc(CC(=O)[C@@H]4CCCN4C(=O)[C@@H](CC(=O)OC)C(C)C)cc3)N2c2ccc(C)cc2)cc1)C(C)C. The Hall–Kier alpha value is -5.32. The van der Waals surface area contributed by atoms with Crippen LogP contribution in [0.25, 0.3) is 0 Å². The summed E-state index contributed by atoms with van der Waals surface area (Å²) in [7, 11) is 2.65. The minimum atomic E-state index is -0.527. The van der Waals surface area contributed by atoms with E-state index in [-0.39, 0.29) is 73.0 Å². The summed E-state index contributed by atoms with van der Waals surface area (Å²) in [5.74, 6) is -2.29. The Morgan fingerprint density at radius 1 is 0.565 bits per heavy atom. The zero-order valence-corrected chi connectivity index (χ0v) is 37.6. The molecule has 3 heterocycles. The van der Waals surface area contributed by atoms with Gasteiger partial charge in [-0.05, 0) is 91.7 Å². The summed E-state index contributed by atoms with van der Waals surface area (Å²) in [6.45, 7) is 10.8. The van der Waals surface area contributed by atoms with Gasteiger partial charge in [0.2, 0.25) is 11.8 Å². The number of nitrogens with zero attached hydrogens (tertiary/aromatic N) is 3. The Kier molecular flexibility index (Phi) is 15.4. The maximum atomic E-state index is 13.7. The standard InChI is InChI=1S/C51H65N3O8/c1-32(2)40(30-48(57)61-6)50(59)52-26-8-10-44(52)46(55)28-35-14-18-37(19-15-35)42-24-25-43(54(42)39-22-12-34(5)13-23-39)38-20-16-36(17-21-38)29-47(56)45-11-9-27-53(45)51(60)41(33(3)4)31-49(58)62-7/h12-23,32-33,40-45H,8-11,24-31H2,1-7H3/t40-,41-,42-,43-,44-,45-/m0/s1. The molecule has 0 N–H and O–H groups in total. The van der Waals surface area contributed by atoms with Crippen molar-refractivity contribution in [1.82, 2.24) is 9.80 Å². The van der Waals surface area contributed by atoms with Crippen molar-refractivity contribution in [2.45, 2.75) is 123 Å². The van der Waals surface area contributed by atoms with Crippen molar-refractivity contribution in [1.29, 1.82) is 0 Å². The van der Waals surface area contributed by atoms with Crippen molar-refractivity contribution in [3.05, 3.63) is 101 Å². The molecule has 62 heavy (non-hydrogen) atoms. The van der Waals surface area contributed by atoms with Crippen molar-refractivity contribution in [3.63, 3.8) is 0 Å². The molecule has 0 bridgehead atoms. The van der Waals surface area contributed by atoms with Crippen LogP contribution < -0.4 is 4.90 Å². The van der Waals surface area contributed by atoms with Crippen LogP contribution in [0, 0.1) is 30.6 Å². The fraction of sp³-hybridized carbons (Fsp3) is 0.529. The first-order valence-corrected chi connectivity index (χ1v) is 22.5. The average Bonchev–Trinajstić information content (AvgIpc) is 4.06. The second kappa shape index (κ2) is 20.7. The summed E-state index contributed by atoms with van der Waals surface area (Å²) in [6, 6.07) is 24.5. The molecule has 3 aliphatic rings. The lowest BCUT2D eigenvalue weighted by molar-refractivity contribution is -0.149. The van der Waals surface area contributed by atoms with Crippen LogP contribution in [0.1, 0.15) is 119 Å². The first kappa shape index (κ1) is 46.2. The molecule has 2 amide bonds. The van der Waals surface area contributed by atoms with E-state index in [0.29, 0.717) is 25.9 Å². The van der Waals surface area contributed by atoms with E-state index >= 15 is 0 Å². The molecule has 0 aromatic heterocycles. The van der Waals surface area contributed by atoms with E-state index in [1.807, 2.05) is 52.0 Å². The molecular weight excluding hydrogens is 783 g/mol. The van der Waals surface area contributed by atoms with E-state index < -0.39 is 35.9 Å². The molecule has 3 saturated heterocycles. The molecule has 6 atom stereocenters. The fourth-order valence-electron chi connectivity index (χ4n) is 9.79. The van der Waals surface area contributed by atoms with Crippen molar-refractivity contribution >= 4 is 41.0 Å². The molecule has 332 valence electrons. The number of methoxy groups -OCH3 is 2. The lowest BCUT2D eigenvalue weighted by Crippen LogP contribution is -2.45. The molecule has 0 spiro atoms. The highest BCUT2D eigenvalue weighted by molar-refractivity contribution is 5.93. The average molecular weight is 848 g/mol. The van der Waals surface area contributed by atoms with Crippen molar-refractivity contribution in [3.8, 4) is 0 Å². The van der Waals surface area contributed by atoms with Gasteiger partial charge in [0.25, 0.3) is 0 Å². The second-order valence-electron chi connectivity index (χ2n) is 18.3. The van der Waals surface area contributed by atoms with E-state index in [1.54, 1.807) is 9.80 Å². The largest absolute Gasteiger partial charge is 0.469 e. The topological polar surface area (TPSA) is 131 Å². The molecular formula is C51H65N3O8. The van der Waals surface area contributed by atoms with Gasteiger partial charge < -0.3 is 24.2 Å². The third-order valence-corrected chi connectivity index (χ3v) is 13.5. The van der Waals surface area contributed by atoms with Gasteiger partial charge in [0.1, 0.15) is 0 Å². The van der Waals surface area contributed by atoms with Gasteiger partial charge >= 0.3 is 11.9 Å². The zero-order valence-electron chi connectivity index (χ0n) is 37.6. The first-order chi connectivity index (χ1) is 29.7. The van der Waals surface area contributed by atoms with E-state index in [0.717, 1.165) is 53.6 Å². The Morgan fingerprint density at radius 2 is 0.952 bits per heavy atom. The number of ketones is 2. The van der Waals surface area contributed by atoms with E-state index in [1.165, 1.54) is 19.8 Å². The third-order valence-electron chi connectivity index (χ3n) is 13.5. The van der Waals surface area contributed by atoms with Gasteiger partial charge in [0.05, 0.1) is 63.1 Å². The number of aryl methyl sites for hydroxylation is 1. The van der Waals surface area contributed by atoms with Crippen molar-refractivity contribution in [2.24, 2.45) is 23.7 Å². The Labute approximate surface area is 367 Å². The first-order valence-electron chi connectivity index (χ1n) is 22.5. The molecule has 3 aromatic carbocycles. The van der Waals surface area contributed by atoms with Gasteiger partial charge in [-0.1, -0.05) is 93.9 Å². The Bertz CT molecular complexity index is 1940. The Morgan fingerprint density at radius 3 is 1.31 bits per heavy atom. The highest BCUT2D eigenvalue weighted by Crippen LogP contribution is 2.47. The van der Waals surface area contributed by atoms with Crippen LogP contribution in [-0.4, -0.2) is 84.5 Å². The number of carbonyl (C=O) groups excluding carboxylic acids is 6. The second-order valence-corrected chi connectivity index (χ2v) is 18.3. The molecule has 0 unspecified atom stereocenters. The quantitative estimate of drug-likeness (QED) is 0.124. The highest BCUT2D eigenvalue weighted by Gasteiger charge is 2.41. The third kappa shape index (κ3) is 10.6. The van der Waals surface area contributed by atoms with Gasteiger partial charge in [-0.15, -0.1) is 0 Å². The number of likely N-dealkylation sites (tertiary alicyclic amines) is 2. The van der Waals surface area contributed by atoms with Crippen molar-refractivity contribution in [2.75, 3.05) is 32.2 Å². The number of Topliss-reactive ketones (excluding diaryl/α,β-unsaturated/α-hetero) is 2. The highest BCUT2D eigenvalue weighted by atomic mass is 16.5. The molecule has 3 fully saturated rings. The number of rotatable bonds is 17. The van der Waals surface area contributed by atoms with E-state index in [9.17, 15) is 28.8 Å². The number of amides is 2. The van der Waals surface area contributed by atoms with Gasteiger partial charge in [0, 0.05) is 31.6 Å². The molecule has 0 aliphatic carbocycles. The van der Waals surface area contributed by atoms with Crippen LogP contribution in [0.4, 0.5) is 5.69 Å². The number of hydrogen-bond donors (Lipinski definition) is 0. The monoisotopic (exact) mass is 847 g/mol. The number of anilines is 1. The maximum Gasteiger partial charge on any atom is 0.306 e. The van der Waals surface area contributed by atoms with E-state index in [2.05, 4.69) is 60.4 Å². The summed E-state index contributed by atoms with van der Waals surface area (Å²) in [5, 5.41) is 0. The molecule has 0 saturated carbocycles. The van der Waals surface area contributed by atoms with Gasteiger partial charge in [-0.25, -0.2) is 0 Å². The van der Waals surface area contributed by atoms with E-state index in [4.69, 9.17) is 9.47 Å². The summed E-state index contributed by atoms with van der Waals surface area (Å²) in [4.78, 5) is 84.8. The molecule has 6 rings (SSSR count). The molecule has 3 aromatic rings. The summed E-state index contributed by atoms with van der Waals surface area (Å²) in [6.07, 6.45) is 5.07. The van der Waals surface area contributed by atoms with Crippen LogP contribution in [0.5, 0.6) is 0 Å². The van der Waals surface area contributed by atoms with Gasteiger partial charge in [-0.3, -0.25) is 28.8 Å². The maximum absolute atomic E-state index is 13.7. The Balaban J connectivity index is 1.13. The fourth-order valence-corrected chi connectivity index (χ4v) is 9.79. The van der Waals surface area contributed by atoms with Gasteiger partial charge in [0.15, 0.2) is 11.6 Å². The lowest BCUT2D eigenvalue weighted by atomic mass is 9.90. The minimum absolute atomic E-state index is 0.00499. The van der Waals surface area contributed by atoms with Crippen LogP contribution >= 0.6 is 0 Å². The minimum Gasteiger partial charge on any atom is -0.469 e. The molecule has 3 aliphatic heterocycles. The smallest absolute Gasteiger partial charge is 0.306 e. The zero-order chi connectivity index (χ0) is 44.7. The summed E-state index contributed by atoms with van der Waals surface area (Å²) in [5.41, 5.74) is 6.43. The normalized spacial score (nSPS) is 21.0. The number of benzene rings is 3. The lowest BCUT2D eigenvalue weighted by Gasteiger charge is -2.33. The van der Waals surface area contributed by atoms with Crippen LogP contribution in [0.2, 0.25) is 0 Å². The molecule has 11 nitrogen and oxygen atoms in total. The molecule has 0 radical (unpaired) electrons. The predicted octanol–water partition coefficient (Wildman–Crippen LogP) is 7.95. The number of esters is 2. The number of hydrogen-bond acceptors (Lipinski definition) is 9. The van der Waals surface area contributed by atoms with Crippen molar-refractivity contribution < 1.29 is 38.2 Å². The van der Waals surface area contributed by atoms with Crippen LogP contribution in [-0.2, 0) is 51.1 Å². The van der Waals surface area contributed by atoms with Crippen LogP contribution in [0.3, 0.4) is 0 Å². The summed E-state index contributed by atoms with van der Waals surface area (Å²) < 4.78 is 9.72. The van der Waals surface area contributed by atoms with Gasteiger partial charge in [-0.2, -0.15) is 0 Å². The number of carbonyl (C=O) groups is 6. The summed E-state index contributed by atoms with van der Waals surface area (Å²) >= 11 is 0.